The summed E-state index contributed by atoms with van der Waals surface area (Å²) in [5.41, 5.74) is 0. The molecule has 17 heavy (non-hydrogen) atoms. The fraction of sp³-hybridized carbons (Fsp3) is 1.00. The van der Waals surface area contributed by atoms with Crippen LogP contribution in [0.4, 0.5) is 0 Å². The summed E-state index contributed by atoms with van der Waals surface area (Å²) in [5, 5.41) is 3.51. The summed E-state index contributed by atoms with van der Waals surface area (Å²) in [6, 6.07) is 1.18. The second-order valence-corrected chi connectivity index (χ2v) is 5.52. The first-order valence-electron chi connectivity index (χ1n) is 7.14. The highest BCUT2D eigenvalue weighted by atomic mass is 16.5. The van der Waals surface area contributed by atoms with Crippen molar-refractivity contribution in [2.45, 2.75) is 52.1 Å². The van der Waals surface area contributed by atoms with Crippen LogP contribution in [0.15, 0.2) is 0 Å². The molecule has 0 aromatic carbocycles. The second kappa shape index (κ2) is 8.06. The Kier molecular flexibility index (Phi) is 7.09. The molecule has 1 N–H and O–H groups in total. The van der Waals surface area contributed by atoms with Gasteiger partial charge in [0.15, 0.2) is 0 Å². The number of nitrogens with zero attached hydrogens (tertiary/aromatic N) is 1. The van der Waals surface area contributed by atoms with E-state index in [9.17, 15) is 0 Å². The molecule has 0 radical (unpaired) electrons. The fourth-order valence-corrected chi connectivity index (χ4v) is 2.80. The molecule has 0 spiro atoms. The summed E-state index contributed by atoms with van der Waals surface area (Å²) in [7, 11) is 1.81. The van der Waals surface area contributed by atoms with Crippen LogP contribution in [0.5, 0.6) is 0 Å². The maximum Gasteiger partial charge on any atom is 0.0618 e. The van der Waals surface area contributed by atoms with Crippen LogP contribution in [0.3, 0.4) is 0 Å². The first-order valence-corrected chi connectivity index (χ1v) is 7.14. The third kappa shape index (κ3) is 4.94. The Morgan fingerprint density at radius 1 is 1.41 bits per heavy atom. The maximum absolute atomic E-state index is 5.36. The lowest BCUT2D eigenvalue weighted by molar-refractivity contribution is 0.0526. The number of hydrogen-bond donors (Lipinski definition) is 1. The SMILES string of the molecule is CCC(COC)N(CC1CCCNC1)C(C)C. The molecule has 3 nitrogen and oxygen atoms in total. The highest BCUT2D eigenvalue weighted by molar-refractivity contribution is 4.79. The van der Waals surface area contributed by atoms with Gasteiger partial charge in [0, 0.05) is 25.7 Å². The molecular formula is C14H30N2O. The molecule has 0 amide bonds. The molecule has 0 saturated carbocycles. The first-order chi connectivity index (χ1) is 8.19. The Morgan fingerprint density at radius 2 is 2.18 bits per heavy atom. The Labute approximate surface area is 107 Å². The number of nitrogens with one attached hydrogen (secondary N) is 1. The van der Waals surface area contributed by atoms with Crippen molar-refractivity contribution in [3.8, 4) is 0 Å². The van der Waals surface area contributed by atoms with Crippen LogP contribution in [-0.4, -0.2) is 50.3 Å². The Balaban J connectivity index is 2.50. The predicted octanol–water partition coefficient (Wildman–Crippen LogP) is 2.12. The van der Waals surface area contributed by atoms with Gasteiger partial charge in [0.25, 0.3) is 0 Å². The van der Waals surface area contributed by atoms with Gasteiger partial charge >= 0.3 is 0 Å². The number of methoxy groups -OCH3 is 1. The van der Waals surface area contributed by atoms with E-state index in [1.54, 1.807) is 0 Å². The van der Waals surface area contributed by atoms with E-state index in [-0.39, 0.29) is 0 Å². The van der Waals surface area contributed by atoms with Gasteiger partial charge in [-0.05, 0) is 52.1 Å². The van der Waals surface area contributed by atoms with Gasteiger partial charge in [0.2, 0.25) is 0 Å². The van der Waals surface area contributed by atoms with E-state index in [4.69, 9.17) is 4.74 Å². The normalized spacial score (nSPS) is 23.3. The van der Waals surface area contributed by atoms with E-state index in [1.807, 2.05) is 7.11 Å². The minimum absolute atomic E-state index is 0.571. The molecule has 1 aliphatic heterocycles. The van der Waals surface area contributed by atoms with Crippen molar-refractivity contribution in [1.29, 1.82) is 0 Å². The largest absolute Gasteiger partial charge is 0.383 e. The first kappa shape index (κ1) is 14.9. The van der Waals surface area contributed by atoms with Gasteiger partial charge in [-0.25, -0.2) is 0 Å². The molecule has 1 heterocycles. The molecule has 0 bridgehead atoms. The van der Waals surface area contributed by atoms with E-state index in [0.29, 0.717) is 12.1 Å². The Hall–Kier alpha value is -0.120. The number of ether oxygens (including phenoxy) is 1. The van der Waals surface area contributed by atoms with Gasteiger partial charge in [-0.2, -0.15) is 0 Å². The van der Waals surface area contributed by atoms with Gasteiger partial charge in [0.05, 0.1) is 6.61 Å². The van der Waals surface area contributed by atoms with Crippen LogP contribution in [0.25, 0.3) is 0 Å². The summed E-state index contributed by atoms with van der Waals surface area (Å²) < 4.78 is 5.36. The molecule has 2 atom stereocenters. The highest BCUT2D eigenvalue weighted by Gasteiger charge is 2.24. The number of hydrogen-bond acceptors (Lipinski definition) is 3. The van der Waals surface area contributed by atoms with Gasteiger partial charge in [-0.15, -0.1) is 0 Å². The lowest BCUT2D eigenvalue weighted by atomic mass is 9.97. The Bertz CT molecular complexity index is 191. The molecule has 0 aromatic heterocycles. The van der Waals surface area contributed by atoms with Crippen LogP contribution in [0.1, 0.15) is 40.0 Å². The third-order valence-electron chi connectivity index (χ3n) is 3.83. The van der Waals surface area contributed by atoms with Crippen molar-refractivity contribution in [2.24, 2.45) is 5.92 Å². The summed E-state index contributed by atoms with van der Waals surface area (Å²) in [5.74, 6) is 0.817. The molecule has 2 unspecified atom stereocenters. The highest BCUT2D eigenvalue weighted by Crippen LogP contribution is 2.17. The zero-order chi connectivity index (χ0) is 12.7. The van der Waals surface area contributed by atoms with E-state index >= 15 is 0 Å². The van der Waals surface area contributed by atoms with Crippen molar-refractivity contribution in [3.63, 3.8) is 0 Å². The minimum atomic E-state index is 0.571. The van der Waals surface area contributed by atoms with Gasteiger partial charge in [0.1, 0.15) is 0 Å². The molecule has 1 aliphatic rings. The summed E-state index contributed by atoms with van der Waals surface area (Å²) in [6.07, 6.45) is 3.88. The van der Waals surface area contributed by atoms with Crippen LogP contribution in [-0.2, 0) is 4.74 Å². The van der Waals surface area contributed by atoms with Crippen LogP contribution < -0.4 is 5.32 Å². The molecule has 1 rings (SSSR count). The lowest BCUT2D eigenvalue weighted by Gasteiger charge is -2.38. The molecule has 3 heteroatoms. The zero-order valence-electron chi connectivity index (χ0n) is 12.0. The monoisotopic (exact) mass is 242 g/mol. The smallest absolute Gasteiger partial charge is 0.0618 e. The Morgan fingerprint density at radius 3 is 2.65 bits per heavy atom. The van der Waals surface area contributed by atoms with Crippen molar-refractivity contribution in [1.82, 2.24) is 10.2 Å². The van der Waals surface area contributed by atoms with Crippen LogP contribution in [0, 0.1) is 5.92 Å². The van der Waals surface area contributed by atoms with Crippen molar-refractivity contribution in [3.05, 3.63) is 0 Å². The molecule has 1 saturated heterocycles. The van der Waals surface area contributed by atoms with Gasteiger partial charge in [-0.3, -0.25) is 4.90 Å². The van der Waals surface area contributed by atoms with Gasteiger partial charge < -0.3 is 10.1 Å². The van der Waals surface area contributed by atoms with E-state index in [1.165, 1.54) is 38.9 Å². The van der Waals surface area contributed by atoms with Crippen LogP contribution >= 0.6 is 0 Å². The van der Waals surface area contributed by atoms with E-state index in [0.717, 1.165) is 12.5 Å². The standard InChI is InChI=1S/C14H30N2O/c1-5-14(11-17-4)16(12(2)3)10-13-7-6-8-15-9-13/h12-15H,5-11H2,1-4H3. The molecule has 1 fully saturated rings. The molecule has 0 aromatic rings. The van der Waals surface area contributed by atoms with Gasteiger partial charge in [-0.1, -0.05) is 6.92 Å². The molecule has 0 aliphatic carbocycles. The quantitative estimate of drug-likeness (QED) is 0.740. The maximum atomic E-state index is 5.36. The number of piperidine rings is 1. The number of rotatable bonds is 7. The summed E-state index contributed by atoms with van der Waals surface area (Å²) in [4.78, 5) is 2.63. The minimum Gasteiger partial charge on any atom is -0.383 e. The third-order valence-corrected chi connectivity index (χ3v) is 3.83. The second-order valence-electron chi connectivity index (χ2n) is 5.52. The van der Waals surface area contributed by atoms with Crippen LogP contribution in [0.2, 0.25) is 0 Å². The lowest BCUT2D eigenvalue weighted by Crippen LogP contribution is -2.47. The average Bonchev–Trinajstić information content (AvgIpc) is 2.34. The topological polar surface area (TPSA) is 24.5 Å². The molecular weight excluding hydrogens is 212 g/mol. The van der Waals surface area contributed by atoms with Crippen molar-refractivity contribution < 1.29 is 4.74 Å². The zero-order valence-corrected chi connectivity index (χ0v) is 12.0. The average molecular weight is 242 g/mol. The van der Waals surface area contributed by atoms with E-state index < -0.39 is 0 Å². The predicted molar refractivity (Wildman–Crippen MR) is 73.4 cm³/mol. The molecule has 102 valence electrons. The van der Waals surface area contributed by atoms with E-state index in [2.05, 4.69) is 31.0 Å². The van der Waals surface area contributed by atoms with Crippen molar-refractivity contribution >= 4 is 0 Å². The summed E-state index contributed by atoms with van der Waals surface area (Å²) >= 11 is 0. The fourth-order valence-electron chi connectivity index (χ4n) is 2.80. The van der Waals surface area contributed by atoms with Crippen molar-refractivity contribution in [2.75, 3.05) is 33.4 Å². The summed E-state index contributed by atoms with van der Waals surface area (Å²) in [6.45, 7) is 11.3.